The fourth-order valence-electron chi connectivity index (χ4n) is 2.74. The van der Waals surface area contributed by atoms with E-state index in [1.54, 1.807) is 7.05 Å². The van der Waals surface area contributed by atoms with Crippen LogP contribution in [0.5, 0.6) is 0 Å². The Morgan fingerprint density at radius 2 is 1.76 bits per heavy atom. The molecule has 6 nitrogen and oxygen atoms in total. The third-order valence-corrected chi connectivity index (χ3v) is 3.81. The van der Waals surface area contributed by atoms with Crippen molar-refractivity contribution in [2.24, 2.45) is 0 Å². The number of ether oxygens (including phenoxy) is 1. The number of nitrogens with one attached hydrogen (secondary N) is 3. The molecule has 0 saturated carbocycles. The van der Waals surface area contributed by atoms with E-state index in [-0.39, 0.29) is 18.3 Å². The van der Waals surface area contributed by atoms with Gasteiger partial charge in [0.1, 0.15) is 5.60 Å². The lowest BCUT2D eigenvalue weighted by atomic mass is 10.1. The first-order chi connectivity index (χ1) is 11.6. The zero-order valence-corrected chi connectivity index (χ0v) is 15.8. The summed E-state index contributed by atoms with van der Waals surface area (Å²) in [5, 5.41) is 2.63. The Bertz CT molecular complexity index is 778. The van der Waals surface area contributed by atoms with Crippen molar-refractivity contribution < 1.29 is 14.3 Å². The molecule has 0 radical (unpaired) electrons. The minimum Gasteiger partial charge on any atom is -0.460 e. The maximum absolute atomic E-state index is 12.2. The standard InChI is InChI=1S/C19H27N3O3/c1-11-7-14(10-17(24)25-19(3,4)5)18(21-11)15-8-13(12(2)22-15)9-16(23)20-6/h7-8,21-22H,9-10H2,1-6H3,(H,20,23). The predicted molar refractivity (Wildman–Crippen MR) is 97.4 cm³/mol. The van der Waals surface area contributed by atoms with Gasteiger partial charge in [0, 0.05) is 18.4 Å². The number of hydrogen-bond donors (Lipinski definition) is 3. The Balaban J connectivity index is 2.27. The lowest BCUT2D eigenvalue weighted by molar-refractivity contribution is -0.153. The SMILES string of the molecule is CNC(=O)Cc1cc(-c2[nH]c(C)cc2CC(=O)OC(C)(C)C)[nH]c1C. The summed E-state index contributed by atoms with van der Waals surface area (Å²) in [6.07, 6.45) is 0.514. The van der Waals surface area contributed by atoms with Gasteiger partial charge in [0.2, 0.25) is 5.91 Å². The topological polar surface area (TPSA) is 87.0 Å². The smallest absolute Gasteiger partial charge is 0.310 e. The van der Waals surface area contributed by atoms with Crippen molar-refractivity contribution in [3.8, 4) is 11.4 Å². The summed E-state index contributed by atoms with van der Waals surface area (Å²) in [4.78, 5) is 30.4. The Morgan fingerprint density at radius 1 is 1.08 bits per heavy atom. The van der Waals surface area contributed by atoms with Crippen LogP contribution in [0.15, 0.2) is 12.1 Å². The van der Waals surface area contributed by atoms with Crippen LogP contribution in [0.3, 0.4) is 0 Å². The molecule has 136 valence electrons. The van der Waals surface area contributed by atoms with Crippen molar-refractivity contribution >= 4 is 11.9 Å². The number of H-pyrrole nitrogens is 2. The number of carbonyl (C=O) groups is 2. The zero-order valence-electron chi connectivity index (χ0n) is 15.8. The molecule has 0 bridgehead atoms. The first-order valence-corrected chi connectivity index (χ1v) is 8.39. The predicted octanol–water partition coefficient (Wildman–Crippen LogP) is 2.80. The Kier molecular flexibility index (Phi) is 5.40. The van der Waals surface area contributed by atoms with Gasteiger partial charge in [0.05, 0.1) is 24.2 Å². The first kappa shape index (κ1) is 18.8. The van der Waals surface area contributed by atoms with Crippen LogP contribution < -0.4 is 5.32 Å². The van der Waals surface area contributed by atoms with Crippen LogP contribution in [-0.4, -0.2) is 34.5 Å². The van der Waals surface area contributed by atoms with Gasteiger partial charge in [-0.3, -0.25) is 9.59 Å². The number of aromatic nitrogens is 2. The molecule has 0 aliphatic carbocycles. The summed E-state index contributed by atoms with van der Waals surface area (Å²) in [5.74, 6) is -0.299. The second-order valence-electron chi connectivity index (χ2n) is 7.30. The van der Waals surface area contributed by atoms with E-state index in [9.17, 15) is 9.59 Å². The van der Waals surface area contributed by atoms with E-state index < -0.39 is 5.60 Å². The highest BCUT2D eigenvalue weighted by molar-refractivity contribution is 5.80. The molecule has 0 aliphatic heterocycles. The Morgan fingerprint density at radius 3 is 2.36 bits per heavy atom. The van der Waals surface area contributed by atoms with Gasteiger partial charge in [0.25, 0.3) is 0 Å². The summed E-state index contributed by atoms with van der Waals surface area (Å²) < 4.78 is 5.42. The van der Waals surface area contributed by atoms with Gasteiger partial charge in [-0.1, -0.05) is 0 Å². The number of rotatable bonds is 5. The molecule has 6 heteroatoms. The monoisotopic (exact) mass is 345 g/mol. The van der Waals surface area contributed by atoms with E-state index in [1.807, 2.05) is 46.8 Å². The number of aromatic amines is 2. The molecule has 0 atom stereocenters. The molecule has 0 unspecified atom stereocenters. The maximum atomic E-state index is 12.2. The molecule has 2 rings (SSSR count). The molecule has 0 fully saturated rings. The molecule has 0 saturated heterocycles. The third-order valence-electron chi connectivity index (χ3n) is 3.81. The van der Waals surface area contributed by atoms with E-state index in [0.29, 0.717) is 6.42 Å². The highest BCUT2D eigenvalue weighted by Gasteiger charge is 2.20. The number of likely N-dealkylation sites (N-methyl/N-ethyl adjacent to an activating group) is 1. The fourth-order valence-corrected chi connectivity index (χ4v) is 2.74. The summed E-state index contributed by atoms with van der Waals surface area (Å²) in [6.45, 7) is 9.45. The fraction of sp³-hybridized carbons (Fsp3) is 0.474. The quantitative estimate of drug-likeness (QED) is 0.728. The van der Waals surface area contributed by atoms with E-state index in [2.05, 4.69) is 15.3 Å². The average molecular weight is 345 g/mol. The molecular formula is C19H27N3O3. The van der Waals surface area contributed by atoms with Crippen LogP contribution in [0.2, 0.25) is 0 Å². The molecule has 2 aromatic rings. The van der Waals surface area contributed by atoms with E-state index >= 15 is 0 Å². The summed E-state index contributed by atoms with van der Waals surface area (Å²) in [7, 11) is 1.62. The normalized spacial score (nSPS) is 11.4. The minimum atomic E-state index is -0.508. The number of esters is 1. The first-order valence-electron chi connectivity index (χ1n) is 8.39. The number of amides is 1. The average Bonchev–Trinajstić information content (AvgIpc) is 3.00. The number of hydrogen-bond acceptors (Lipinski definition) is 3. The van der Waals surface area contributed by atoms with Gasteiger partial charge < -0.3 is 20.0 Å². The van der Waals surface area contributed by atoms with Gasteiger partial charge in [-0.25, -0.2) is 0 Å². The summed E-state index contributed by atoms with van der Waals surface area (Å²) >= 11 is 0. The van der Waals surface area contributed by atoms with Crippen LogP contribution in [0.25, 0.3) is 11.4 Å². The van der Waals surface area contributed by atoms with Crippen LogP contribution >= 0.6 is 0 Å². The van der Waals surface area contributed by atoms with Gasteiger partial charge in [-0.2, -0.15) is 0 Å². The molecular weight excluding hydrogens is 318 g/mol. The molecule has 2 heterocycles. The van der Waals surface area contributed by atoms with Crippen LogP contribution in [0.1, 0.15) is 43.3 Å². The van der Waals surface area contributed by atoms with Crippen LogP contribution in [-0.2, 0) is 27.2 Å². The van der Waals surface area contributed by atoms with Gasteiger partial charge in [-0.15, -0.1) is 0 Å². The summed E-state index contributed by atoms with van der Waals surface area (Å²) in [5.41, 5.74) is 4.93. The van der Waals surface area contributed by atoms with Crippen molar-refractivity contribution in [2.45, 2.75) is 53.1 Å². The molecule has 0 aliphatic rings. The molecule has 3 N–H and O–H groups in total. The Labute approximate surface area is 148 Å². The maximum Gasteiger partial charge on any atom is 0.310 e. The van der Waals surface area contributed by atoms with Crippen LogP contribution in [0.4, 0.5) is 0 Å². The van der Waals surface area contributed by atoms with Crippen molar-refractivity contribution in [3.05, 3.63) is 34.6 Å². The zero-order chi connectivity index (χ0) is 18.8. The van der Waals surface area contributed by atoms with Crippen molar-refractivity contribution in [3.63, 3.8) is 0 Å². The van der Waals surface area contributed by atoms with Gasteiger partial charge in [0.15, 0.2) is 0 Å². The molecule has 0 spiro atoms. The van der Waals surface area contributed by atoms with E-state index in [1.165, 1.54) is 0 Å². The van der Waals surface area contributed by atoms with Gasteiger partial charge in [-0.05, 0) is 57.9 Å². The Hall–Kier alpha value is -2.50. The van der Waals surface area contributed by atoms with Crippen molar-refractivity contribution in [1.29, 1.82) is 0 Å². The number of carbonyl (C=O) groups excluding carboxylic acids is 2. The lowest BCUT2D eigenvalue weighted by Gasteiger charge is -2.19. The second-order valence-corrected chi connectivity index (χ2v) is 7.30. The minimum absolute atomic E-state index is 0.0368. The van der Waals surface area contributed by atoms with Gasteiger partial charge >= 0.3 is 5.97 Å². The second kappa shape index (κ2) is 7.17. The highest BCUT2D eigenvalue weighted by atomic mass is 16.6. The van der Waals surface area contributed by atoms with E-state index in [0.717, 1.165) is 33.9 Å². The van der Waals surface area contributed by atoms with Crippen molar-refractivity contribution in [2.75, 3.05) is 7.05 Å². The molecule has 0 aromatic carbocycles. The molecule has 1 amide bonds. The van der Waals surface area contributed by atoms with E-state index in [4.69, 9.17) is 4.74 Å². The highest BCUT2D eigenvalue weighted by Crippen LogP contribution is 2.27. The number of aryl methyl sites for hydroxylation is 2. The largest absolute Gasteiger partial charge is 0.460 e. The van der Waals surface area contributed by atoms with Crippen LogP contribution in [0, 0.1) is 13.8 Å². The third kappa shape index (κ3) is 4.98. The lowest BCUT2D eigenvalue weighted by Crippen LogP contribution is -2.24. The molecule has 25 heavy (non-hydrogen) atoms. The molecule has 2 aromatic heterocycles. The summed E-state index contributed by atoms with van der Waals surface area (Å²) in [6, 6.07) is 3.91. The van der Waals surface area contributed by atoms with Crippen molar-refractivity contribution in [1.82, 2.24) is 15.3 Å².